The van der Waals surface area contributed by atoms with Crippen LogP contribution < -0.4 is 10.6 Å². The van der Waals surface area contributed by atoms with Crippen LogP contribution in [0.2, 0.25) is 0 Å². The van der Waals surface area contributed by atoms with Crippen molar-refractivity contribution < 1.29 is 4.79 Å². The third-order valence-corrected chi connectivity index (χ3v) is 2.59. The second-order valence-corrected chi connectivity index (χ2v) is 3.82. The molecule has 0 aromatic carbocycles. The average Bonchev–Trinajstić information content (AvgIpc) is 2.92. The number of amides is 1. The van der Waals surface area contributed by atoms with Crippen LogP contribution in [0, 0.1) is 0 Å². The minimum Gasteiger partial charge on any atom is -0.322 e. The summed E-state index contributed by atoms with van der Waals surface area (Å²) in [7, 11) is 1.74. The Kier molecular flexibility index (Phi) is 3.69. The van der Waals surface area contributed by atoms with Crippen molar-refractivity contribution >= 4 is 11.6 Å². The second-order valence-electron chi connectivity index (χ2n) is 3.82. The van der Waals surface area contributed by atoms with E-state index < -0.39 is 0 Å². The molecule has 94 valence electrons. The number of nitrogens with one attached hydrogen (secondary N) is 2. The van der Waals surface area contributed by atoms with Crippen LogP contribution in [0.1, 0.15) is 6.92 Å². The number of aromatic nitrogens is 3. The van der Waals surface area contributed by atoms with Crippen molar-refractivity contribution in [2.75, 3.05) is 12.4 Å². The monoisotopic (exact) mass is 245 g/mol. The first-order valence-electron chi connectivity index (χ1n) is 5.65. The third-order valence-electron chi connectivity index (χ3n) is 2.59. The van der Waals surface area contributed by atoms with Crippen LogP contribution in [0.15, 0.2) is 36.8 Å². The Balaban J connectivity index is 2.26. The standard InChI is InChI=1S/C12H15N5O/c1-9(13-2)12(18)16-10-5-3-6-14-11(10)17-8-4-7-15-17/h3-9,13H,1-2H3,(H,16,18). The topological polar surface area (TPSA) is 71.8 Å². The molecule has 0 aliphatic rings. The molecule has 0 aliphatic carbocycles. The van der Waals surface area contributed by atoms with Gasteiger partial charge in [0.25, 0.3) is 0 Å². The molecule has 1 unspecified atom stereocenters. The largest absolute Gasteiger partial charge is 0.322 e. The number of nitrogens with zero attached hydrogens (tertiary/aromatic N) is 3. The van der Waals surface area contributed by atoms with E-state index in [0.29, 0.717) is 11.5 Å². The molecule has 2 rings (SSSR count). The molecule has 1 atom stereocenters. The quantitative estimate of drug-likeness (QED) is 0.836. The van der Waals surface area contributed by atoms with Crippen LogP contribution in [0.25, 0.3) is 5.82 Å². The van der Waals surface area contributed by atoms with E-state index in [1.54, 1.807) is 55.4 Å². The molecule has 1 amide bonds. The lowest BCUT2D eigenvalue weighted by molar-refractivity contribution is -0.117. The van der Waals surface area contributed by atoms with Crippen molar-refractivity contribution in [3.63, 3.8) is 0 Å². The van der Waals surface area contributed by atoms with Gasteiger partial charge in [-0.3, -0.25) is 4.79 Å². The summed E-state index contributed by atoms with van der Waals surface area (Å²) in [6, 6.07) is 5.10. The summed E-state index contributed by atoms with van der Waals surface area (Å²) in [5, 5.41) is 9.82. The Morgan fingerprint density at radius 1 is 1.39 bits per heavy atom. The Labute approximate surface area is 105 Å². The molecule has 6 heteroatoms. The zero-order valence-electron chi connectivity index (χ0n) is 10.3. The molecule has 0 spiro atoms. The van der Waals surface area contributed by atoms with Gasteiger partial charge in [-0.25, -0.2) is 9.67 Å². The lowest BCUT2D eigenvalue weighted by atomic mass is 10.3. The average molecular weight is 245 g/mol. The van der Waals surface area contributed by atoms with Gasteiger partial charge in [-0.2, -0.15) is 5.10 Å². The summed E-state index contributed by atoms with van der Waals surface area (Å²) in [4.78, 5) is 16.1. The first-order chi connectivity index (χ1) is 8.72. The molecule has 0 saturated heterocycles. The number of likely N-dealkylation sites (N-methyl/N-ethyl adjacent to an activating group) is 1. The van der Waals surface area contributed by atoms with Crippen molar-refractivity contribution in [3.8, 4) is 5.82 Å². The van der Waals surface area contributed by atoms with E-state index in [0.717, 1.165) is 0 Å². The van der Waals surface area contributed by atoms with Crippen molar-refractivity contribution in [1.82, 2.24) is 20.1 Å². The van der Waals surface area contributed by atoms with Gasteiger partial charge in [0.15, 0.2) is 5.82 Å². The summed E-state index contributed by atoms with van der Waals surface area (Å²) in [6.45, 7) is 1.79. The van der Waals surface area contributed by atoms with E-state index in [1.165, 1.54) is 0 Å². The molecule has 2 N–H and O–H groups in total. The van der Waals surface area contributed by atoms with Gasteiger partial charge in [-0.05, 0) is 32.2 Å². The molecular weight excluding hydrogens is 230 g/mol. The van der Waals surface area contributed by atoms with E-state index in [-0.39, 0.29) is 11.9 Å². The fourth-order valence-electron chi connectivity index (χ4n) is 1.44. The minimum absolute atomic E-state index is 0.112. The molecule has 2 heterocycles. The van der Waals surface area contributed by atoms with E-state index >= 15 is 0 Å². The highest BCUT2D eigenvalue weighted by atomic mass is 16.2. The Morgan fingerprint density at radius 3 is 2.89 bits per heavy atom. The Hall–Kier alpha value is -2.21. The molecule has 0 fully saturated rings. The highest BCUT2D eigenvalue weighted by molar-refractivity contribution is 5.95. The first-order valence-corrected chi connectivity index (χ1v) is 5.65. The van der Waals surface area contributed by atoms with Gasteiger partial charge in [0.2, 0.25) is 5.91 Å². The summed E-state index contributed by atoms with van der Waals surface area (Å²) in [5.41, 5.74) is 0.633. The molecule has 2 aromatic heterocycles. The van der Waals surface area contributed by atoms with E-state index in [1.807, 2.05) is 0 Å². The van der Waals surface area contributed by atoms with Gasteiger partial charge in [0, 0.05) is 18.6 Å². The summed E-state index contributed by atoms with van der Waals surface area (Å²) in [6.07, 6.45) is 5.10. The maximum atomic E-state index is 11.8. The zero-order valence-corrected chi connectivity index (χ0v) is 10.3. The normalized spacial score (nSPS) is 12.1. The number of hydrogen-bond donors (Lipinski definition) is 2. The molecule has 6 nitrogen and oxygen atoms in total. The molecule has 0 radical (unpaired) electrons. The number of anilines is 1. The van der Waals surface area contributed by atoms with E-state index in [2.05, 4.69) is 20.7 Å². The molecule has 2 aromatic rings. The maximum Gasteiger partial charge on any atom is 0.241 e. The molecule has 0 bridgehead atoms. The molecule has 0 saturated carbocycles. The second kappa shape index (κ2) is 5.42. The Morgan fingerprint density at radius 2 is 2.22 bits per heavy atom. The molecule has 18 heavy (non-hydrogen) atoms. The fraction of sp³-hybridized carbons (Fsp3) is 0.250. The highest BCUT2D eigenvalue weighted by Crippen LogP contribution is 2.16. The number of rotatable bonds is 4. The summed E-state index contributed by atoms with van der Waals surface area (Å²) < 4.78 is 1.61. The van der Waals surface area contributed by atoms with Gasteiger partial charge in [0.1, 0.15) is 0 Å². The summed E-state index contributed by atoms with van der Waals surface area (Å²) >= 11 is 0. The number of hydrogen-bond acceptors (Lipinski definition) is 4. The van der Waals surface area contributed by atoms with Crippen LogP contribution in [0.3, 0.4) is 0 Å². The van der Waals surface area contributed by atoms with Crippen molar-refractivity contribution in [1.29, 1.82) is 0 Å². The smallest absolute Gasteiger partial charge is 0.241 e. The van der Waals surface area contributed by atoms with Crippen molar-refractivity contribution in [3.05, 3.63) is 36.8 Å². The highest BCUT2D eigenvalue weighted by Gasteiger charge is 2.13. The zero-order chi connectivity index (χ0) is 13.0. The Bertz CT molecular complexity index is 523. The van der Waals surface area contributed by atoms with Gasteiger partial charge < -0.3 is 10.6 Å². The van der Waals surface area contributed by atoms with Crippen molar-refractivity contribution in [2.45, 2.75) is 13.0 Å². The van der Waals surface area contributed by atoms with Crippen LogP contribution >= 0.6 is 0 Å². The number of carbonyl (C=O) groups excluding carboxylic acids is 1. The van der Waals surface area contributed by atoms with Crippen molar-refractivity contribution in [2.24, 2.45) is 0 Å². The predicted molar refractivity (Wildman–Crippen MR) is 68.5 cm³/mol. The maximum absolute atomic E-state index is 11.8. The number of carbonyl (C=O) groups is 1. The van der Waals surface area contributed by atoms with E-state index in [4.69, 9.17) is 0 Å². The fourth-order valence-corrected chi connectivity index (χ4v) is 1.44. The van der Waals surface area contributed by atoms with Gasteiger partial charge in [-0.1, -0.05) is 0 Å². The molecular formula is C12H15N5O. The van der Waals surface area contributed by atoms with Crippen LogP contribution in [0.5, 0.6) is 0 Å². The first kappa shape index (κ1) is 12.3. The van der Waals surface area contributed by atoms with Crippen LogP contribution in [0.4, 0.5) is 5.69 Å². The number of pyridine rings is 1. The van der Waals surface area contributed by atoms with Crippen LogP contribution in [-0.4, -0.2) is 33.8 Å². The lowest BCUT2D eigenvalue weighted by Crippen LogP contribution is -2.35. The molecule has 0 aliphatic heterocycles. The van der Waals surface area contributed by atoms with Crippen LogP contribution in [-0.2, 0) is 4.79 Å². The van der Waals surface area contributed by atoms with Gasteiger partial charge >= 0.3 is 0 Å². The van der Waals surface area contributed by atoms with Gasteiger partial charge in [-0.15, -0.1) is 0 Å². The SMILES string of the molecule is CNC(C)C(=O)Nc1cccnc1-n1cccn1. The third kappa shape index (κ3) is 2.54. The lowest BCUT2D eigenvalue weighted by Gasteiger charge is -2.13. The minimum atomic E-state index is -0.268. The van der Waals surface area contributed by atoms with Gasteiger partial charge in [0.05, 0.1) is 11.7 Å². The van der Waals surface area contributed by atoms with E-state index in [9.17, 15) is 4.79 Å². The summed E-state index contributed by atoms with van der Waals surface area (Å²) in [5.74, 6) is 0.484. The predicted octanol–water partition coefficient (Wildman–Crippen LogP) is 0.814.